The first-order chi connectivity index (χ1) is 21.7. The first-order valence-corrected chi connectivity index (χ1v) is 17.4. The second-order valence-electron chi connectivity index (χ2n) is 12.6. The third-order valence-electron chi connectivity index (χ3n) is 8.72. The highest BCUT2D eigenvalue weighted by Crippen LogP contribution is 2.28. The topological polar surface area (TPSA) is 79.3 Å². The lowest BCUT2D eigenvalue weighted by atomic mass is 10.00. The van der Waals surface area contributed by atoms with E-state index in [2.05, 4.69) is 78.5 Å². The fraction of sp³-hybridized carbons (Fsp3) is 0.486. The van der Waals surface area contributed by atoms with Crippen molar-refractivity contribution in [1.82, 2.24) is 25.1 Å². The van der Waals surface area contributed by atoms with Crippen molar-refractivity contribution >= 4 is 34.2 Å². The molecule has 2 amide bonds. The molecule has 0 saturated carbocycles. The molecule has 1 aliphatic rings. The summed E-state index contributed by atoms with van der Waals surface area (Å²) in [5.74, 6) is 0.936. The van der Waals surface area contributed by atoms with Crippen LogP contribution in [-0.2, 0) is 11.2 Å². The maximum Gasteiger partial charge on any atom is 0.252 e. The van der Waals surface area contributed by atoms with E-state index < -0.39 is 6.04 Å². The predicted molar refractivity (Wildman–Crippen MR) is 188 cm³/mol. The number of piperidine rings is 1. The van der Waals surface area contributed by atoms with Crippen molar-refractivity contribution in [2.75, 3.05) is 19.6 Å². The largest absolute Gasteiger partial charge is 0.351 e. The first-order valence-electron chi connectivity index (χ1n) is 16.6. The number of carbonyl (C=O) groups excluding carboxylic acids is 2. The molecule has 1 fully saturated rings. The predicted octanol–water partition coefficient (Wildman–Crippen LogP) is 7.46. The fourth-order valence-electron chi connectivity index (χ4n) is 6.18. The van der Waals surface area contributed by atoms with E-state index in [1.165, 1.54) is 4.88 Å². The molecule has 0 aliphatic carbocycles. The molecule has 4 rings (SSSR count). The van der Waals surface area contributed by atoms with E-state index in [9.17, 15) is 9.59 Å². The Morgan fingerprint density at radius 2 is 1.91 bits per heavy atom. The van der Waals surface area contributed by atoms with Gasteiger partial charge in [0.2, 0.25) is 5.91 Å². The number of benzene rings is 1. The van der Waals surface area contributed by atoms with Crippen molar-refractivity contribution < 1.29 is 9.59 Å². The second kappa shape index (κ2) is 16.7. The van der Waals surface area contributed by atoms with Gasteiger partial charge < -0.3 is 20.1 Å². The van der Waals surface area contributed by atoms with Gasteiger partial charge in [-0.2, -0.15) is 0 Å². The van der Waals surface area contributed by atoms with Gasteiger partial charge in [0.25, 0.3) is 5.91 Å². The van der Waals surface area contributed by atoms with Crippen molar-refractivity contribution in [1.29, 1.82) is 0 Å². The van der Waals surface area contributed by atoms with E-state index in [4.69, 9.17) is 4.98 Å². The van der Waals surface area contributed by atoms with Crippen LogP contribution in [0.15, 0.2) is 72.7 Å². The van der Waals surface area contributed by atoms with Gasteiger partial charge in [0.15, 0.2) is 0 Å². The van der Waals surface area contributed by atoms with Gasteiger partial charge in [-0.25, -0.2) is 4.98 Å². The Hall–Kier alpha value is -3.49. The number of nitrogens with zero attached hydrogens (tertiary/aromatic N) is 3. The van der Waals surface area contributed by atoms with Crippen LogP contribution < -0.4 is 10.6 Å². The number of fused-ring (bicyclic) bond motifs is 1. The molecule has 7 nitrogen and oxygen atoms in total. The maximum absolute atomic E-state index is 13.6. The zero-order valence-corrected chi connectivity index (χ0v) is 28.4. The van der Waals surface area contributed by atoms with Gasteiger partial charge >= 0.3 is 0 Å². The molecular weight excluding hydrogens is 579 g/mol. The molecule has 1 aliphatic heterocycles. The van der Waals surface area contributed by atoms with E-state index in [1.54, 1.807) is 17.4 Å². The number of hydrogen-bond acceptors (Lipinski definition) is 5. The molecule has 8 heteroatoms. The third-order valence-corrected chi connectivity index (χ3v) is 9.60. The van der Waals surface area contributed by atoms with Gasteiger partial charge in [0, 0.05) is 48.6 Å². The summed E-state index contributed by atoms with van der Waals surface area (Å²) in [5, 5.41) is 8.40. The molecule has 0 radical (unpaired) electrons. The Kier molecular flexibility index (Phi) is 12.8. The summed E-state index contributed by atoms with van der Waals surface area (Å²) >= 11 is 1.74. The second-order valence-corrected chi connectivity index (χ2v) is 13.6. The highest BCUT2D eigenvalue weighted by Gasteiger charge is 2.27. The SMILES string of the molecule is C=C/C=C\C(=C)CCN1CCC(NC(=O)[C@H](CC(C)C)NC(=O)c2ccc3c(c2)nc(Cc2cccs2)n3C(CC)CC)CC1. The molecule has 1 aromatic carbocycles. The minimum atomic E-state index is -0.595. The third kappa shape index (κ3) is 9.50. The number of aromatic nitrogens is 2. The number of thiophene rings is 1. The van der Waals surface area contributed by atoms with Crippen LogP contribution in [0.4, 0.5) is 0 Å². The summed E-state index contributed by atoms with van der Waals surface area (Å²) in [5.41, 5.74) is 3.49. The van der Waals surface area contributed by atoms with Gasteiger partial charge in [-0.05, 0) is 74.1 Å². The number of nitrogens with one attached hydrogen (secondary N) is 2. The lowest BCUT2D eigenvalue weighted by molar-refractivity contribution is -0.124. The molecule has 3 aromatic rings. The quantitative estimate of drug-likeness (QED) is 0.161. The number of allylic oxidation sites excluding steroid dienone is 3. The summed E-state index contributed by atoms with van der Waals surface area (Å²) in [6.07, 6.45) is 11.8. The fourth-order valence-corrected chi connectivity index (χ4v) is 6.88. The maximum atomic E-state index is 13.6. The van der Waals surface area contributed by atoms with Crippen molar-refractivity contribution in [2.24, 2.45) is 5.92 Å². The molecule has 1 saturated heterocycles. The minimum absolute atomic E-state index is 0.101. The molecule has 45 heavy (non-hydrogen) atoms. The Morgan fingerprint density at radius 1 is 1.16 bits per heavy atom. The normalized spacial score (nSPS) is 15.2. The zero-order chi connectivity index (χ0) is 32.3. The van der Waals surface area contributed by atoms with Gasteiger partial charge in [0.1, 0.15) is 11.9 Å². The van der Waals surface area contributed by atoms with Gasteiger partial charge in [-0.3, -0.25) is 9.59 Å². The Balaban J connectivity index is 1.41. The Bertz CT molecular complexity index is 1460. The molecular formula is C37H51N5O2S. The molecule has 0 bridgehead atoms. The average Bonchev–Trinajstić information content (AvgIpc) is 3.67. The molecule has 0 spiro atoms. The van der Waals surface area contributed by atoms with Gasteiger partial charge in [-0.1, -0.05) is 70.7 Å². The summed E-state index contributed by atoms with van der Waals surface area (Å²) < 4.78 is 2.35. The van der Waals surface area contributed by atoms with Crippen LogP contribution in [-0.4, -0.2) is 58.0 Å². The number of likely N-dealkylation sites (tertiary alicyclic amines) is 1. The molecule has 1 atom stereocenters. The van der Waals surface area contributed by atoms with E-state index in [-0.39, 0.29) is 23.8 Å². The zero-order valence-electron chi connectivity index (χ0n) is 27.6. The van der Waals surface area contributed by atoms with Crippen LogP contribution in [0, 0.1) is 5.92 Å². The number of hydrogen-bond donors (Lipinski definition) is 2. The lowest BCUT2D eigenvalue weighted by Gasteiger charge is -2.33. The van der Waals surface area contributed by atoms with Crippen LogP contribution in [0.25, 0.3) is 11.0 Å². The smallest absolute Gasteiger partial charge is 0.252 e. The van der Waals surface area contributed by atoms with E-state index in [0.717, 1.165) is 80.6 Å². The van der Waals surface area contributed by atoms with Crippen LogP contribution >= 0.6 is 11.3 Å². The van der Waals surface area contributed by atoms with Crippen LogP contribution in [0.5, 0.6) is 0 Å². The monoisotopic (exact) mass is 629 g/mol. The van der Waals surface area contributed by atoms with Crippen LogP contribution in [0.1, 0.15) is 93.3 Å². The van der Waals surface area contributed by atoms with E-state index in [1.807, 2.05) is 30.4 Å². The van der Waals surface area contributed by atoms with E-state index >= 15 is 0 Å². The Morgan fingerprint density at radius 3 is 2.56 bits per heavy atom. The molecule has 242 valence electrons. The van der Waals surface area contributed by atoms with Crippen LogP contribution in [0.3, 0.4) is 0 Å². The highest BCUT2D eigenvalue weighted by molar-refractivity contribution is 7.09. The first kappa shape index (κ1) is 34.4. The van der Waals surface area contributed by atoms with Crippen molar-refractivity contribution in [3.63, 3.8) is 0 Å². The number of rotatable bonds is 16. The van der Waals surface area contributed by atoms with Crippen LogP contribution in [0.2, 0.25) is 0 Å². The Labute approximate surface area is 273 Å². The summed E-state index contributed by atoms with van der Waals surface area (Å²) in [6.45, 7) is 19.2. The summed E-state index contributed by atoms with van der Waals surface area (Å²) in [4.78, 5) is 35.8. The van der Waals surface area contributed by atoms with E-state index in [0.29, 0.717) is 18.0 Å². The van der Waals surface area contributed by atoms with Crippen molar-refractivity contribution in [3.8, 4) is 0 Å². The number of amides is 2. The molecule has 3 heterocycles. The summed E-state index contributed by atoms with van der Waals surface area (Å²) in [7, 11) is 0. The lowest BCUT2D eigenvalue weighted by Crippen LogP contribution is -2.52. The highest BCUT2D eigenvalue weighted by atomic mass is 32.1. The molecule has 2 aromatic heterocycles. The standard InChI is InChI=1S/C37H51N5O2S/c1-7-10-12-27(6)16-19-41-20-17-29(18-21-41)38-37(44)33(23-26(4)5)40-36(43)28-14-15-34-32(24-28)39-35(25-31-13-11-22-45-31)42(34)30(8-2)9-3/h7,10-15,22,24,26,29-30,33H,1,6,8-9,16-21,23,25H2,2-5H3,(H,38,44)(H,40,43)/b12-10-/t33-/m0/s1. The van der Waals surface area contributed by atoms with Crippen molar-refractivity contribution in [2.45, 2.75) is 90.8 Å². The average molecular weight is 630 g/mol. The minimum Gasteiger partial charge on any atom is -0.351 e. The number of imidazole rings is 1. The van der Waals surface area contributed by atoms with Gasteiger partial charge in [0.05, 0.1) is 11.0 Å². The summed E-state index contributed by atoms with van der Waals surface area (Å²) in [6, 6.07) is 9.84. The molecule has 0 unspecified atom stereocenters. The van der Waals surface area contributed by atoms with Gasteiger partial charge in [-0.15, -0.1) is 11.3 Å². The molecule has 2 N–H and O–H groups in total. The number of carbonyl (C=O) groups is 2. The van der Waals surface area contributed by atoms with Crippen molar-refractivity contribution in [3.05, 3.63) is 88.9 Å².